The van der Waals surface area contributed by atoms with E-state index in [-0.39, 0.29) is 5.69 Å². The van der Waals surface area contributed by atoms with Crippen molar-refractivity contribution in [3.8, 4) is 0 Å². The fourth-order valence-corrected chi connectivity index (χ4v) is 5.15. The number of hydrogen-bond donors (Lipinski definition) is 1. The second-order valence-corrected chi connectivity index (χ2v) is 9.29. The van der Waals surface area contributed by atoms with E-state index in [1.807, 2.05) is 36.4 Å². The minimum atomic E-state index is -1.08. The lowest BCUT2D eigenvalue weighted by atomic mass is 9.72. The molecule has 0 amide bonds. The number of carbonyl (C=O) groups excluding carboxylic acids is 1. The van der Waals surface area contributed by atoms with Crippen molar-refractivity contribution in [3.63, 3.8) is 0 Å². The van der Waals surface area contributed by atoms with E-state index in [1.165, 1.54) is 12.1 Å². The Hall–Kier alpha value is -3.23. The van der Waals surface area contributed by atoms with Gasteiger partial charge in [0.25, 0.3) is 5.69 Å². The molecule has 0 saturated carbocycles. The van der Waals surface area contributed by atoms with Crippen LogP contribution in [0.1, 0.15) is 24.0 Å². The summed E-state index contributed by atoms with van der Waals surface area (Å²) < 4.78 is 12.7. The van der Waals surface area contributed by atoms with Gasteiger partial charge in [-0.3, -0.25) is 10.1 Å². The molecule has 1 spiro atoms. The molecule has 168 valence electrons. The van der Waals surface area contributed by atoms with Crippen LogP contribution in [0.4, 0.5) is 11.4 Å². The molecule has 2 aliphatic heterocycles. The zero-order chi connectivity index (χ0) is 23.1. The molecular weight excluding hydrogens is 488 g/mol. The smallest absolute Gasteiger partial charge is 0.331 e. The van der Waals surface area contributed by atoms with Crippen LogP contribution in [-0.2, 0) is 19.7 Å². The SMILES string of the molecule is O=C1OC2(CC1Nc1cc([N+](=O)[O-])ccc1Br)CC(c1ccccc1)(c1ccccc1)CO2. The summed E-state index contributed by atoms with van der Waals surface area (Å²) in [5.41, 5.74) is 2.14. The van der Waals surface area contributed by atoms with Crippen molar-refractivity contribution in [2.24, 2.45) is 0 Å². The summed E-state index contributed by atoms with van der Waals surface area (Å²) in [6.45, 7) is 0.377. The maximum atomic E-state index is 12.8. The Labute approximate surface area is 199 Å². The van der Waals surface area contributed by atoms with Crippen molar-refractivity contribution in [3.05, 3.63) is 105 Å². The summed E-state index contributed by atoms with van der Waals surface area (Å²) in [5, 5.41) is 14.3. The third kappa shape index (κ3) is 3.89. The van der Waals surface area contributed by atoms with Crippen LogP contribution in [0.3, 0.4) is 0 Å². The van der Waals surface area contributed by atoms with Gasteiger partial charge in [0, 0.05) is 29.4 Å². The molecule has 0 aromatic heterocycles. The molecule has 1 N–H and O–H groups in total. The van der Waals surface area contributed by atoms with Gasteiger partial charge in [-0.15, -0.1) is 0 Å². The second-order valence-electron chi connectivity index (χ2n) is 8.43. The second kappa shape index (κ2) is 8.28. The fourth-order valence-electron chi connectivity index (χ4n) is 4.79. The highest BCUT2D eigenvalue weighted by Gasteiger charge is 2.58. The number of carbonyl (C=O) groups is 1. The maximum Gasteiger partial charge on any atom is 0.331 e. The minimum absolute atomic E-state index is 0.0638. The van der Waals surface area contributed by atoms with Gasteiger partial charge in [-0.05, 0) is 33.1 Å². The number of non-ortho nitro benzene ring substituents is 1. The number of hydrogen-bond acceptors (Lipinski definition) is 6. The van der Waals surface area contributed by atoms with Crippen LogP contribution in [-0.4, -0.2) is 29.3 Å². The standard InChI is InChI=1S/C25H21BrN2O5/c26-20-12-11-19(28(30)31)13-21(20)27-22-14-25(33-23(22)29)15-24(16-32-25,17-7-3-1-4-8-17)18-9-5-2-6-10-18/h1-13,22,27H,14-16H2. The Morgan fingerprint density at radius 1 is 1.00 bits per heavy atom. The average molecular weight is 509 g/mol. The van der Waals surface area contributed by atoms with Gasteiger partial charge in [0.15, 0.2) is 0 Å². The maximum absolute atomic E-state index is 12.8. The zero-order valence-electron chi connectivity index (χ0n) is 17.6. The summed E-state index contributed by atoms with van der Waals surface area (Å²) in [7, 11) is 0. The van der Waals surface area contributed by atoms with Crippen molar-refractivity contribution >= 4 is 33.3 Å². The molecule has 2 atom stereocenters. The Bertz CT molecular complexity index is 1160. The number of nitrogens with one attached hydrogen (secondary N) is 1. The van der Waals surface area contributed by atoms with E-state index in [0.29, 0.717) is 29.6 Å². The molecule has 7 nitrogen and oxygen atoms in total. The molecule has 2 fully saturated rings. The lowest BCUT2D eigenvalue weighted by Gasteiger charge is -2.30. The summed E-state index contributed by atoms with van der Waals surface area (Å²) in [5.74, 6) is -1.52. The molecule has 5 rings (SSSR count). The monoisotopic (exact) mass is 508 g/mol. The van der Waals surface area contributed by atoms with Crippen molar-refractivity contribution in [1.82, 2.24) is 0 Å². The molecular formula is C25H21BrN2O5. The van der Waals surface area contributed by atoms with E-state index in [1.54, 1.807) is 6.07 Å². The number of esters is 1. The van der Waals surface area contributed by atoms with Gasteiger partial charge in [-0.2, -0.15) is 0 Å². The number of halogens is 1. The van der Waals surface area contributed by atoms with Gasteiger partial charge in [-0.1, -0.05) is 60.7 Å². The largest absolute Gasteiger partial charge is 0.431 e. The molecule has 3 aromatic carbocycles. The van der Waals surface area contributed by atoms with Crippen molar-refractivity contribution < 1.29 is 19.2 Å². The molecule has 0 bridgehead atoms. The van der Waals surface area contributed by atoms with E-state index >= 15 is 0 Å². The Balaban J connectivity index is 1.44. The van der Waals surface area contributed by atoms with Crippen molar-refractivity contribution in [2.45, 2.75) is 30.1 Å². The van der Waals surface area contributed by atoms with Gasteiger partial charge < -0.3 is 14.8 Å². The lowest BCUT2D eigenvalue weighted by Crippen LogP contribution is -2.33. The predicted molar refractivity (Wildman–Crippen MR) is 126 cm³/mol. The van der Waals surface area contributed by atoms with Gasteiger partial charge in [-0.25, -0.2) is 4.79 Å². The first-order chi connectivity index (χ1) is 15.9. The first kappa shape index (κ1) is 21.6. The fraction of sp³-hybridized carbons (Fsp3) is 0.240. The number of benzene rings is 3. The molecule has 3 aromatic rings. The van der Waals surface area contributed by atoms with Crippen LogP contribution in [0.5, 0.6) is 0 Å². The van der Waals surface area contributed by atoms with E-state index in [2.05, 4.69) is 45.5 Å². The Morgan fingerprint density at radius 3 is 2.24 bits per heavy atom. The molecule has 0 aliphatic carbocycles. The summed E-state index contributed by atoms with van der Waals surface area (Å²) >= 11 is 3.39. The van der Waals surface area contributed by atoms with Crippen molar-refractivity contribution in [2.75, 3.05) is 11.9 Å². The average Bonchev–Trinajstić information content (AvgIpc) is 3.35. The number of nitrogens with zero attached hydrogens (tertiary/aromatic N) is 1. The lowest BCUT2D eigenvalue weighted by molar-refractivity contribution is -0.384. The Morgan fingerprint density at radius 2 is 1.64 bits per heavy atom. The van der Waals surface area contributed by atoms with Crippen LogP contribution >= 0.6 is 15.9 Å². The first-order valence-corrected chi connectivity index (χ1v) is 11.4. The molecule has 2 unspecified atom stereocenters. The van der Waals surface area contributed by atoms with Crippen molar-refractivity contribution in [1.29, 1.82) is 0 Å². The highest BCUT2D eigenvalue weighted by Crippen LogP contribution is 2.51. The van der Waals surface area contributed by atoms with Crippen LogP contribution in [0.15, 0.2) is 83.3 Å². The van der Waals surface area contributed by atoms with E-state index < -0.39 is 28.1 Å². The Kier molecular flexibility index (Phi) is 5.42. The number of ether oxygens (including phenoxy) is 2. The van der Waals surface area contributed by atoms with E-state index in [4.69, 9.17) is 9.47 Å². The zero-order valence-corrected chi connectivity index (χ0v) is 19.2. The number of nitro groups is 1. The van der Waals surface area contributed by atoms with Gasteiger partial charge in [0.2, 0.25) is 5.79 Å². The van der Waals surface area contributed by atoms with Gasteiger partial charge in [0.05, 0.1) is 22.6 Å². The van der Waals surface area contributed by atoms with Gasteiger partial charge >= 0.3 is 5.97 Å². The molecule has 0 radical (unpaired) electrons. The van der Waals surface area contributed by atoms with E-state index in [9.17, 15) is 14.9 Å². The first-order valence-electron chi connectivity index (χ1n) is 10.6. The summed E-state index contributed by atoms with van der Waals surface area (Å²) in [4.78, 5) is 23.5. The highest BCUT2D eigenvalue weighted by molar-refractivity contribution is 9.10. The molecule has 8 heteroatoms. The minimum Gasteiger partial charge on any atom is -0.431 e. The van der Waals surface area contributed by atoms with Gasteiger partial charge in [0.1, 0.15) is 6.04 Å². The molecule has 2 heterocycles. The molecule has 33 heavy (non-hydrogen) atoms. The quantitative estimate of drug-likeness (QED) is 0.289. The van der Waals surface area contributed by atoms with Crippen LogP contribution in [0.25, 0.3) is 0 Å². The number of rotatable bonds is 5. The third-order valence-corrected chi connectivity index (χ3v) is 7.07. The summed E-state index contributed by atoms with van der Waals surface area (Å²) in [6.07, 6.45) is 0.774. The number of nitro benzene ring substituents is 1. The van der Waals surface area contributed by atoms with Crippen LogP contribution < -0.4 is 5.32 Å². The van der Waals surface area contributed by atoms with Crippen LogP contribution in [0.2, 0.25) is 0 Å². The highest BCUT2D eigenvalue weighted by atomic mass is 79.9. The van der Waals surface area contributed by atoms with E-state index in [0.717, 1.165) is 11.1 Å². The molecule has 2 saturated heterocycles. The normalized spacial score (nSPS) is 23.4. The topological polar surface area (TPSA) is 90.7 Å². The van der Waals surface area contributed by atoms with Crippen LogP contribution in [0, 0.1) is 10.1 Å². The predicted octanol–water partition coefficient (Wildman–Crippen LogP) is 5.19. The molecule has 2 aliphatic rings. The summed E-state index contributed by atoms with van der Waals surface area (Å²) in [6, 6.07) is 23.9. The number of anilines is 1. The third-order valence-electron chi connectivity index (χ3n) is 6.38.